The van der Waals surface area contributed by atoms with Gasteiger partial charge in [-0.3, -0.25) is 0 Å². The van der Waals surface area contributed by atoms with Gasteiger partial charge < -0.3 is 20.1 Å². The lowest BCUT2D eigenvalue weighted by atomic mass is 10.1. The monoisotopic (exact) mass is 516 g/mol. The maximum absolute atomic E-state index is 15.4. The summed E-state index contributed by atoms with van der Waals surface area (Å²) in [6, 6.07) is 12.7. The van der Waals surface area contributed by atoms with Crippen LogP contribution >= 0.6 is 11.3 Å². The minimum Gasteiger partial charge on any atom is -0.474 e. The lowest BCUT2D eigenvalue weighted by Gasteiger charge is -2.23. The van der Waals surface area contributed by atoms with Crippen LogP contribution in [0.4, 0.5) is 15.9 Å². The molecule has 0 aliphatic carbocycles. The van der Waals surface area contributed by atoms with Crippen LogP contribution in [0.3, 0.4) is 0 Å². The molecule has 8 nitrogen and oxygen atoms in total. The van der Waals surface area contributed by atoms with Crippen molar-refractivity contribution in [3.05, 3.63) is 65.2 Å². The molecule has 0 saturated carbocycles. The van der Waals surface area contributed by atoms with Crippen molar-refractivity contribution >= 4 is 44.1 Å². The van der Waals surface area contributed by atoms with Crippen molar-refractivity contribution in [1.82, 2.24) is 25.3 Å². The summed E-state index contributed by atoms with van der Waals surface area (Å²) in [7, 11) is 0. The SMILES string of the molecule is Cc1nc2cc(Oc3ccc(Nc4ncnc5ccc(OC6CCNCC6)nc45)c(F)c3C)ccc2s1. The first-order valence-corrected chi connectivity index (χ1v) is 13.0. The molecule has 37 heavy (non-hydrogen) atoms. The Kier molecular flexibility index (Phi) is 6.27. The number of thiazole rings is 1. The highest BCUT2D eigenvalue weighted by Crippen LogP contribution is 2.34. The second-order valence-corrected chi connectivity index (χ2v) is 10.2. The molecule has 1 aliphatic heterocycles. The maximum atomic E-state index is 15.4. The number of halogens is 1. The zero-order chi connectivity index (χ0) is 25.4. The molecule has 3 aromatic heterocycles. The van der Waals surface area contributed by atoms with Crippen molar-refractivity contribution in [3.63, 3.8) is 0 Å². The number of ether oxygens (including phenoxy) is 2. The highest BCUT2D eigenvalue weighted by atomic mass is 32.1. The van der Waals surface area contributed by atoms with Crippen molar-refractivity contribution in [2.75, 3.05) is 18.4 Å². The van der Waals surface area contributed by atoms with Gasteiger partial charge >= 0.3 is 0 Å². The van der Waals surface area contributed by atoms with Crippen LogP contribution in [0, 0.1) is 19.7 Å². The third-order valence-electron chi connectivity index (χ3n) is 6.31. The van der Waals surface area contributed by atoms with E-state index in [0.717, 1.165) is 41.2 Å². The number of rotatable bonds is 6. The standard InChI is InChI=1S/C27H25FN6O2S/c1-15-22(35-18-3-7-23-21(13-18)32-16(2)37-23)6-4-19(25(15)28)33-27-26-20(30-14-31-27)5-8-24(34-26)36-17-9-11-29-12-10-17/h3-8,13-14,17,29H,9-12H2,1-2H3,(H,30,31,33). The average molecular weight is 517 g/mol. The Labute approximate surface area is 216 Å². The van der Waals surface area contributed by atoms with Gasteiger partial charge in [0.2, 0.25) is 5.88 Å². The molecular weight excluding hydrogens is 491 g/mol. The van der Waals surface area contributed by atoms with E-state index in [4.69, 9.17) is 9.47 Å². The fourth-order valence-corrected chi connectivity index (χ4v) is 5.19. The van der Waals surface area contributed by atoms with E-state index >= 15 is 4.39 Å². The van der Waals surface area contributed by atoms with Crippen molar-refractivity contribution in [2.45, 2.75) is 32.8 Å². The summed E-state index contributed by atoms with van der Waals surface area (Å²) in [5.74, 6) is 1.50. The molecule has 0 bridgehead atoms. The molecular formula is C27H25FN6O2S. The number of fused-ring (bicyclic) bond motifs is 2. The number of aryl methyl sites for hydroxylation is 1. The van der Waals surface area contributed by atoms with Crippen LogP contribution in [-0.4, -0.2) is 39.1 Å². The van der Waals surface area contributed by atoms with Crippen molar-refractivity contribution < 1.29 is 13.9 Å². The van der Waals surface area contributed by atoms with Crippen LogP contribution < -0.4 is 20.1 Å². The van der Waals surface area contributed by atoms with Crippen LogP contribution in [0.25, 0.3) is 21.3 Å². The molecule has 2 N–H and O–H groups in total. The van der Waals surface area contributed by atoms with Crippen LogP contribution in [0.5, 0.6) is 17.4 Å². The van der Waals surface area contributed by atoms with Crippen LogP contribution in [-0.2, 0) is 0 Å². The van der Waals surface area contributed by atoms with Gasteiger partial charge in [-0.15, -0.1) is 11.3 Å². The number of aromatic nitrogens is 4. The fourth-order valence-electron chi connectivity index (χ4n) is 4.38. The predicted molar refractivity (Wildman–Crippen MR) is 143 cm³/mol. The summed E-state index contributed by atoms with van der Waals surface area (Å²) in [5, 5.41) is 7.40. The van der Waals surface area contributed by atoms with Gasteiger partial charge in [0, 0.05) is 17.7 Å². The molecule has 0 unspecified atom stereocenters. The molecule has 6 rings (SSSR count). The molecule has 188 valence electrons. The van der Waals surface area contributed by atoms with Gasteiger partial charge in [0.05, 0.1) is 26.4 Å². The zero-order valence-electron chi connectivity index (χ0n) is 20.4. The molecule has 0 radical (unpaired) electrons. The number of nitrogens with zero attached hydrogens (tertiary/aromatic N) is 4. The molecule has 0 amide bonds. The van der Waals surface area contributed by atoms with E-state index in [-0.39, 0.29) is 11.8 Å². The van der Waals surface area contributed by atoms with Gasteiger partial charge in [0.1, 0.15) is 29.4 Å². The minimum atomic E-state index is -0.433. The van der Waals surface area contributed by atoms with Gasteiger partial charge in [-0.1, -0.05) is 0 Å². The number of piperidine rings is 1. The Balaban J connectivity index is 1.25. The second-order valence-electron chi connectivity index (χ2n) is 8.95. The number of benzene rings is 2. The Morgan fingerprint density at radius 2 is 1.86 bits per heavy atom. The van der Waals surface area contributed by atoms with E-state index < -0.39 is 5.82 Å². The summed E-state index contributed by atoms with van der Waals surface area (Å²) in [6.07, 6.45) is 3.39. The quantitative estimate of drug-likeness (QED) is 0.281. The lowest BCUT2D eigenvalue weighted by molar-refractivity contribution is 0.156. The van der Waals surface area contributed by atoms with Crippen molar-refractivity contribution in [3.8, 4) is 17.4 Å². The number of nitrogens with one attached hydrogen (secondary N) is 2. The van der Waals surface area contributed by atoms with Gasteiger partial charge in [-0.2, -0.15) is 0 Å². The number of anilines is 2. The Bertz CT molecular complexity index is 1600. The van der Waals surface area contributed by atoms with E-state index in [1.807, 2.05) is 37.3 Å². The van der Waals surface area contributed by atoms with Crippen molar-refractivity contribution in [1.29, 1.82) is 0 Å². The molecule has 1 fully saturated rings. The van der Waals surface area contributed by atoms with E-state index in [0.29, 0.717) is 39.8 Å². The zero-order valence-corrected chi connectivity index (χ0v) is 21.2. The highest BCUT2D eigenvalue weighted by Gasteiger charge is 2.18. The van der Waals surface area contributed by atoms with E-state index in [2.05, 4.69) is 30.6 Å². The molecule has 5 aromatic rings. The normalized spacial score (nSPS) is 14.2. The van der Waals surface area contributed by atoms with E-state index in [1.54, 1.807) is 30.4 Å². The van der Waals surface area contributed by atoms with Gasteiger partial charge in [-0.05, 0) is 70.1 Å². The molecule has 1 aliphatic rings. The third kappa shape index (κ3) is 4.90. The summed E-state index contributed by atoms with van der Waals surface area (Å²) in [4.78, 5) is 17.8. The van der Waals surface area contributed by atoms with Gasteiger partial charge in [-0.25, -0.2) is 24.3 Å². The Morgan fingerprint density at radius 1 is 1.00 bits per heavy atom. The Morgan fingerprint density at radius 3 is 2.73 bits per heavy atom. The molecule has 0 spiro atoms. The molecule has 4 heterocycles. The first-order valence-electron chi connectivity index (χ1n) is 12.1. The first kappa shape index (κ1) is 23.5. The van der Waals surface area contributed by atoms with Gasteiger partial charge in [0.25, 0.3) is 0 Å². The van der Waals surface area contributed by atoms with Gasteiger partial charge in [0.15, 0.2) is 11.6 Å². The largest absolute Gasteiger partial charge is 0.474 e. The third-order valence-corrected chi connectivity index (χ3v) is 7.27. The van der Waals surface area contributed by atoms with Crippen LogP contribution in [0.1, 0.15) is 23.4 Å². The molecule has 10 heteroatoms. The average Bonchev–Trinajstić information content (AvgIpc) is 3.28. The first-order chi connectivity index (χ1) is 18.0. The number of hydrogen-bond acceptors (Lipinski definition) is 9. The highest BCUT2D eigenvalue weighted by molar-refractivity contribution is 7.18. The molecule has 2 aromatic carbocycles. The van der Waals surface area contributed by atoms with Crippen LogP contribution in [0.2, 0.25) is 0 Å². The fraction of sp³-hybridized carbons (Fsp3) is 0.259. The van der Waals surface area contributed by atoms with Crippen molar-refractivity contribution in [2.24, 2.45) is 0 Å². The predicted octanol–water partition coefficient (Wildman–Crippen LogP) is 6.06. The van der Waals surface area contributed by atoms with Crippen LogP contribution in [0.15, 0.2) is 48.8 Å². The lowest BCUT2D eigenvalue weighted by Crippen LogP contribution is -2.34. The number of pyridine rings is 1. The van der Waals surface area contributed by atoms with E-state index in [9.17, 15) is 0 Å². The second kappa shape index (κ2) is 9.87. The number of hydrogen-bond donors (Lipinski definition) is 2. The summed E-state index contributed by atoms with van der Waals surface area (Å²) in [5.41, 5.74) is 2.66. The molecule has 1 saturated heterocycles. The molecule has 0 atom stereocenters. The minimum absolute atomic E-state index is 0.111. The van der Waals surface area contributed by atoms with E-state index in [1.165, 1.54) is 6.33 Å². The topological polar surface area (TPSA) is 94.1 Å². The summed E-state index contributed by atoms with van der Waals surface area (Å²) >= 11 is 1.62. The summed E-state index contributed by atoms with van der Waals surface area (Å²) < 4.78 is 28.6. The smallest absolute Gasteiger partial charge is 0.214 e. The Hall–Kier alpha value is -3.89. The maximum Gasteiger partial charge on any atom is 0.214 e. The summed E-state index contributed by atoms with van der Waals surface area (Å²) in [6.45, 7) is 5.50.